The van der Waals surface area contributed by atoms with Gasteiger partial charge in [0.15, 0.2) is 0 Å². The van der Waals surface area contributed by atoms with Crippen LogP contribution in [0.4, 0.5) is 0 Å². The van der Waals surface area contributed by atoms with Crippen molar-refractivity contribution >= 4 is 11.3 Å². The van der Waals surface area contributed by atoms with Gasteiger partial charge in [0.05, 0.1) is 0 Å². The normalized spacial score (nSPS) is 25.1. The van der Waals surface area contributed by atoms with Gasteiger partial charge < -0.3 is 5.32 Å². The lowest BCUT2D eigenvalue weighted by molar-refractivity contribution is 0.0522. The maximum Gasteiger partial charge on any atom is 0.0465 e. The highest BCUT2D eigenvalue weighted by atomic mass is 32.1. The van der Waals surface area contributed by atoms with Crippen LogP contribution in [0.5, 0.6) is 0 Å². The second-order valence-corrected chi connectivity index (χ2v) is 7.92. The minimum Gasteiger partial charge on any atom is -0.309 e. The van der Waals surface area contributed by atoms with E-state index in [1.165, 1.54) is 45.2 Å². The molecule has 1 unspecified atom stereocenters. The molecule has 0 radical (unpaired) electrons. The summed E-state index contributed by atoms with van der Waals surface area (Å²) in [5.74, 6) is 0.687. The van der Waals surface area contributed by atoms with Crippen molar-refractivity contribution in [2.75, 3.05) is 19.6 Å². The van der Waals surface area contributed by atoms with E-state index in [4.69, 9.17) is 0 Å². The summed E-state index contributed by atoms with van der Waals surface area (Å²) in [6.07, 6.45) is 7.00. The maximum atomic E-state index is 3.87. The van der Waals surface area contributed by atoms with Crippen molar-refractivity contribution < 1.29 is 0 Å². The highest BCUT2D eigenvalue weighted by Gasteiger charge is 2.39. The van der Waals surface area contributed by atoms with Crippen molar-refractivity contribution in [1.82, 2.24) is 10.2 Å². The smallest absolute Gasteiger partial charge is 0.0465 e. The Hall–Kier alpha value is -0.380. The molecule has 1 saturated heterocycles. The molecule has 1 atom stereocenters. The van der Waals surface area contributed by atoms with E-state index in [1.54, 1.807) is 4.88 Å². The van der Waals surface area contributed by atoms with Crippen molar-refractivity contribution in [3.63, 3.8) is 0 Å². The molecule has 2 fully saturated rings. The first-order valence-electron chi connectivity index (χ1n) is 8.23. The van der Waals surface area contributed by atoms with Crippen LogP contribution >= 0.6 is 11.3 Å². The van der Waals surface area contributed by atoms with Gasteiger partial charge in [-0.1, -0.05) is 39.2 Å². The van der Waals surface area contributed by atoms with Crippen LogP contribution < -0.4 is 5.32 Å². The molecule has 2 heterocycles. The Bertz CT molecular complexity index is 401. The predicted molar refractivity (Wildman–Crippen MR) is 87.3 cm³/mol. The fourth-order valence-electron chi connectivity index (χ4n) is 4.18. The monoisotopic (exact) mass is 292 g/mol. The van der Waals surface area contributed by atoms with Gasteiger partial charge in [0.2, 0.25) is 0 Å². The summed E-state index contributed by atoms with van der Waals surface area (Å²) in [4.78, 5) is 4.31. The lowest BCUT2D eigenvalue weighted by Crippen LogP contribution is -2.61. The van der Waals surface area contributed by atoms with Crippen molar-refractivity contribution in [2.45, 2.75) is 57.5 Å². The average Bonchev–Trinajstić information content (AvgIpc) is 2.93. The molecule has 0 aromatic carbocycles. The van der Waals surface area contributed by atoms with Gasteiger partial charge in [0, 0.05) is 36.1 Å². The molecule has 20 heavy (non-hydrogen) atoms. The Morgan fingerprint density at radius 3 is 2.70 bits per heavy atom. The number of hydrogen-bond acceptors (Lipinski definition) is 3. The van der Waals surface area contributed by atoms with E-state index in [1.807, 2.05) is 11.3 Å². The van der Waals surface area contributed by atoms with Crippen molar-refractivity contribution in [2.24, 2.45) is 5.92 Å². The van der Waals surface area contributed by atoms with Crippen molar-refractivity contribution in [1.29, 1.82) is 0 Å². The lowest BCUT2D eigenvalue weighted by atomic mass is 9.79. The van der Waals surface area contributed by atoms with Crippen molar-refractivity contribution in [3.8, 4) is 0 Å². The molecule has 3 heteroatoms. The van der Waals surface area contributed by atoms with Gasteiger partial charge in [-0.3, -0.25) is 4.90 Å². The zero-order valence-corrected chi connectivity index (χ0v) is 13.7. The minimum absolute atomic E-state index is 0.418. The zero-order valence-electron chi connectivity index (χ0n) is 12.9. The molecule has 2 aliphatic rings. The summed E-state index contributed by atoms with van der Waals surface area (Å²) < 4.78 is 0. The molecule has 1 aromatic heterocycles. The minimum atomic E-state index is 0.418. The SMILES string of the molecule is CC(C)C(c1cccs1)N1CCNC2(CCCCC2)C1. The third kappa shape index (κ3) is 2.95. The molecular formula is C17H28N2S. The van der Waals surface area contributed by atoms with Crippen LogP contribution in [-0.2, 0) is 0 Å². The van der Waals surface area contributed by atoms with Crippen LogP contribution in [0.3, 0.4) is 0 Å². The third-order valence-electron chi connectivity index (χ3n) is 5.07. The Kier molecular flexibility index (Phi) is 4.49. The first kappa shape index (κ1) is 14.6. The van der Waals surface area contributed by atoms with Gasteiger partial charge in [-0.15, -0.1) is 11.3 Å². The molecule has 1 aromatic rings. The maximum absolute atomic E-state index is 3.87. The number of nitrogens with one attached hydrogen (secondary N) is 1. The Labute approximate surface area is 127 Å². The number of nitrogens with zero attached hydrogens (tertiary/aromatic N) is 1. The summed E-state index contributed by atoms with van der Waals surface area (Å²) in [6.45, 7) is 8.35. The number of piperazine rings is 1. The van der Waals surface area contributed by atoms with E-state index in [-0.39, 0.29) is 0 Å². The molecule has 1 N–H and O–H groups in total. The van der Waals surface area contributed by atoms with E-state index >= 15 is 0 Å². The summed E-state index contributed by atoms with van der Waals surface area (Å²) >= 11 is 1.93. The van der Waals surface area contributed by atoms with E-state index in [9.17, 15) is 0 Å². The largest absolute Gasteiger partial charge is 0.309 e. The Morgan fingerprint density at radius 2 is 2.05 bits per heavy atom. The summed E-state index contributed by atoms with van der Waals surface area (Å²) in [5, 5.41) is 6.09. The quantitative estimate of drug-likeness (QED) is 0.904. The molecule has 1 aliphatic carbocycles. The average molecular weight is 292 g/mol. The molecule has 0 amide bonds. The summed E-state index contributed by atoms with van der Waals surface area (Å²) in [7, 11) is 0. The van der Waals surface area contributed by atoms with Gasteiger partial charge >= 0.3 is 0 Å². The second kappa shape index (κ2) is 6.17. The van der Waals surface area contributed by atoms with Crippen LogP contribution in [0.2, 0.25) is 0 Å². The van der Waals surface area contributed by atoms with E-state index in [0.29, 0.717) is 17.5 Å². The van der Waals surface area contributed by atoms with Crippen LogP contribution in [0.1, 0.15) is 56.9 Å². The zero-order chi connectivity index (χ0) is 14.0. The second-order valence-electron chi connectivity index (χ2n) is 6.94. The summed E-state index contributed by atoms with van der Waals surface area (Å²) in [6, 6.07) is 5.13. The van der Waals surface area contributed by atoms with Crippen LogP contribution in [0.15, 0.2) is 17.5 Å². The van der Waals surface area contributed by atoms with Gasteiger partial charge in [-0.25, -0.2) is 0 Å². The van der Waals surface area contributed by atoms with E-state index in [2.05, 4.69) is 41.6 Å². The van der Waals surface area contributed by atoms with Crippen molar-refractivity contribution in [3.05, 3.63) is 22.4 Å². The first-order valence-corrected chi connectivity index (χ1v) is 9.11. The molecule has 3 rings (SSSR count). The van der Waals surface area contributed by atoms with E-state index < -0.39 is 0 Å². The topological polar surface area (TPSA) is 15.3 Å². The number of rotatable bonds is 3. The highest BCUT2D eigenvalue weighted by molar-refractivity contribution is 7.10. The fraction of sp³-hybridized carbons (Fsp3) is 0.765. The molecule has 1 aliphatic heterocycles. The molecule has 1 saturated carbocycles. The van der Waals surface area contributed by atoms with Crippen LogP contribution in [0, 0.1) is 5.92 Å². The van der Waals surface area contributed by atoms with E-state index in [0.717, 1.165) is 6.54 Å². The Morgan fingerprint density at radius 1 is 1.25 bits per heavy atom. The van der Waals surface area contributed by atoms with Crippen LogP contribution in [-0.4, -0.2) is 30.1 Å². The molecule has 1 spiro atoms. The molecule has 0 bridgehead atoms. The Balaban J connectivity index is 1.77. The summed E-state index contributed by atoms with van der Waals surface area (Å²) in [5.41, 5.74) is 0.418. The van der Waals surface area contributed by atoms with Gasteiger partial charge in [0.25, 0.3) is 0 Å². The van der Waals surface area contributed by atoms with Gasteiger partial charge in [-0.05, 0) is 30.2 Å². The number of thiophene rings is 1. The highest BCUT2D eigenvalue weighted by Crippen LogP contribution is 2.37. The molecular weight excluding hydrogens is 264 g/mol. The molecule has 112 valence electrons. The molecule has 2 nitrogen and oxygen atoms in total. The van der Waals surface area contributed by atoms with Crippen LogP contribution in [0.25, 0.3) is 0 Å². The fourth-order valence-corrected chi connectivity index (χ4v) is 5.21. The number of hydrogen-bond donors (Lipinski definition) is 1. The van der Waals surface area contributed by atoms with Gasteiger partial charge in [0.1, 0.15) is 0 Å². The first-order chi connectivity index (χ1) is 9.70. The predicted octanol–water partition coefficient (Wildman–Crippen LogP) is 4.05. The third-order valence-corrected chi connectivity index (χ3v) is 6.02. The standard InChI is InChI=1S/C17H28N2S/c1-14(2)16(15-7-6-12-20-15)19-11-10-18-17(13-19)8-4-3-5-9-17/h6-7,12,14,16,18H,3-5,8-11,13H2,1-2H3. The lowest BCUT2D eigenvalue weighted by Gasteiger charge is -2.49. The van der Waals surface area contributed by atoms with Gasteiger partial charge in [-0.2, -0.15) is 0 Å².